The van der Waals surface area contributed by atoms with Gasteiger partial charge in [0.2, 0.25) is 5.91 Å². The van der Waals surface area contributed by atoms with Crippen molar-refractivity contribution >= 4 is 12.1 Å². The van der Waals surface area contributed by atoms with E-state index in [4.69, 9.17) is 0 Å². The first kappa shape index (κ1) is 16.6. The Balaban J connectivity index is 1.60. The summed E-state index contributed by atoms with van der Waals surface area (Å²) in [5.41, 5.74) is 6.45. The molecule has 1 heterocycles. The Morgan fingerprint density at radius 1 is 1.16 bits per heavy atom. The van der Waals surface area contributed by atoms with Crippen LogP contribution in [0.3, 0.4) is 0 Å². The van der Waals surface area contributed by atoms with E-state index in [1.807, 2.05) is 67.6 Å². The van der Waals surface area contributed by atoms with Gasteiger partial charge in [0, 0.05) is 17.0 Å². The van der Waals surface area contributed by atoms with Gasteiger partial charge in [0.1, 0.15) is 0 Å². The minimum Gasteiger partial charge on any atom is -0.277 e. The molecule has 5 heteroatoms. The molecule has 1 aromatic heterocycles. The molecule has 0 spiro atoms. The molecular formula is C20H20N4O. The van der Waals surface area contributed by atoms with Crippen LogP contribution in [-0.2, 0) is 11.2 Å². The monoisotopic (exact) mass is 332 g/mol. The van der Waals surface area contributed by atoms with Crippen molar-refractivity contribution in [1.82, 2.24) is 15.6 Å². The minimum atomic E-state index is -0.155. The van der Waals surface area contributed by atoms with Crippen molar-refractivity contribution in [1.29, 1.82) is 0 Å². The average molecular weight is 332 g/mol. The largest absolute Gasteiger partial charge is 0.277 e. The normalized spacial score (nSPS) is 12.2. The van der Waals surface area contributed by atoms with Crippen LogP contribution in [0.1, 0.15) is 18.1 Å². The molecule has 0 aliphatic rings. The van der Waals surface area contributed by atoms with Crippen LogP contribution >= 0.6 is 0 Å². The summed E-state index contributed by atoms with van der Waals surface area (Å²) >= 11 is 0. The van der Waals surface area contributed by atoms with Crippen LogP contribution in [0.5, 0.6) is 0 Å². The molecule has 0 fully saturated rings. The molecule has 3 aromatic rings. The Bertz CT molecular complexity index is 840. The van der Waals surface area contributed by atoms with Gasteiger partial charge in [-0.1, -0.05) is 67.6 Å². The molecular weight excluding hydrogens is 312 g/mol. The number of nitrogens with one attached hydrogen (secondary N) is 2. The molecule has 0 saturated heterocycles. The summed E-state index contributed by atoms with van der Waals surface area (Å²) in [4.78, 5) is 12.2. The van der Waals surface area contributed by atoms with Crippen molar-refractivity contribution in [3.05, 3.63) is 78.0 Å². The fourth-order valence-corrected chi connectivity index (χ4v) is 2.57. The molecule has 0 saturated carbocycles. The predicted molar refractivity (Wildman–Crippen MR) is 99.1 cm³/mol. The van der Waals surface area contributed by atoms with Crippen molar-refractivity contribution in [3.63, 3.8) is 0 Å². The van der Waals surface area contributed by atoms with E-state index in [0.717, 1.165) is 22.4 Å². The van der Waals surface area contributed by atoms with E-state index in [9.17, 15) is 4.79 Å². The fourth-order valence-electron chi connectivity index (χ4n) is 2.57. The van der Waals surface area contributed by atoms with Gasteiger partial charge in [-0.25, -0.2) is 5.43 Å². The van der Waals surface area contributed by atoms with Crippen LogP contribution in [0.2, 0.25) is 0 Å². The van der Waals surface area contributed by atoms with Gasteiger partial charge >= 0.3 is 0 Å². The van der Waals surface area contributed by atoms with Crippen LogP contribution in [0.25, 0.3) is 11.3 Å². The van der Waals surface area contributed by atoms with Crippen molar-refractivity contribution in [2.45, 2.75) is 13.3 Å². The second-order valence-corrected chi connectivity index (χ2v) is 5.89. The number of aromatic amines is 1. The van der Waals surface area contributed by atoms with Gasteiger partial charge < -0.3 is 0 Å². The van der Waals surface area contributed by atoms with Crippen molar-refractivity contribution in [3.8, 4) is 11.3 Å². The first-order chi connectivity index (χ1) is 12.2. The SMILES string of the molecule is CC(Cc1ccccc1)C(=O)N/N=C/c1cn[nH]c1-c1ccccc1. The summed E-state index contributed by atoms with van der Waals surface area (Å²) in [5.74, 6) is -0.262. The lowest BCUT2D eigenvalue weighted by atomic mass is 10.0. The number of carbonyl (C=O) groups excluding carboxylic acids is 1. The molecule has 1 unspecified atom stereocenters. The number of rotatable bonds is 6. The number of benzene rings is 2. The van der Waals surface area contributed by atoms with Gasteiger partial charge in [-0.3, -0.25) is 9.89 Å². The molecule has 2 aromatic carbocycles. The van der Waals surface area contributed by atoms with Crippen molar-refractivity contribution in [2.75, 3.05) is 0 Å². The van der Waals surface area contributed by atoms with E-state index in [1.54, 1.807) is 12.4 Å². The molecule has 126 valence electrons. The summed E-state index contributed by atoms with van der Waals surface area (Å²) in [7, 11) is 0. The zero-order valence-corrected chi connectivity index (χ0v) is 14.0. The third kappa shape index (κ3) is 4.41. The molecule has 1 amide bonds. The molecule has 0 bridgehead atoms. The smallest absolute Gasteiger partial charge is 0.243 e. The number of H-pyrrole nitrogens is 1. The Hall–Kier alpha value is -3.21. The average Bonchev–Trinajstić information content (AvgIpc) is 3.11. The van der Waals surface area contributed by atoms with Gasteiger partial charge in [-0.05, 0) is 12.0 Å². The molecule has 2 N–H and O–H groups in total. The second kappa shape index (κ2) is 8.06. The number of carbonyl (C=O) groups is 1. The number of hydrogen-bond donors (Lipinski definition) is 2. The zero-order chi connectivity index (χ0) is 17.5. The quantitative estimate of drug-likeness (QED) is 0.536. The standard InChI is InChI=1S/C20H20N4O/c1-15(12-16-8-4-2-5-9-16)20(25)24-22-14-18-13-21-23-19(18)17-10-6-3-7-11-17/h2-11,13-15H,12H2,1H3,(H,21,23)(H,24,25)/b22-14+. The van der Waals surface area contributed by atoms with Crippen LogP contribution in [0.4, 0.5) is 0 Å². The summed E-state index contributed by atoms with van der Waals surface area (Å²) in [6.45, 7) is 1.89. The van der Waals surface area contributed by atoms with Gasteiger partial charge in [0.05, 0.1) is 18.1 Å². The third-order valence-electron chi connectivity index (χ3n) is 3.94. The highest BCUT2D eigenvalue weighted by Gasteiger charge is 2.12. The Morgan fingerprint density at radius 3 is 2.56 bits per heavy atom. The highest BCUT2D eigenvalue weighted by atomic mass is 16.2. The lowest BCUT2D eigenvalue weighted by Gasteiger charge is -2.09. The molecule has 0 aliphatic carbocycles. The maximum atomic E-state index is 12.2. The summed E-state index contributed by atoms with van der Waals surface area (Å²) in [5, 5.41) is 11.1. The summed E-state index contributed by atoms with van der Waals surface area (Å²) in [6.07, 6.45) is 3.98. The van der Waals surface area contributed by atoms with Gasteiger partial charge in [-0.2, -0.15) is 10.2 Å². The second-order valence-electron chi connectivity index (χ2n) is 5.89. The molecule has 5 nitrogen and oxygen atoms in total. The van der Waals surface area contributed by atoms with Crippen LogP contribution in [-0.4, -0.2) is 22.3 Å². The summed E-state index contributed by atoms with van der Waals surface area (Å²) in [6, 6.07) is 19.8. The lowest BCUT2D eigenvalue weighted by molar-refractivity contribution is -0.124. The Morgan fingerprint density at radius 2 is 1.84 bits per heavy atom. The first-order valence-corrected chi connectivity index (χ1v) is 8.19. The zero-order valence-electron chi connectivity index (χ0n) is 14.0. The first-order valence-electron chi connectivity index (χ1n) is 8.19. The topological polar surface area (TPSA) is 70.1 Å². The van der Waals surface area contributed by atoms with E-state index < -0.39 is 0 Å². The Labute approximate surface area is 146 Å². The maximum Gasteiger partial charge on any atom is 0.243 e. The molecule has 0 aliphatic heterocycles. The van der Waals surface area contributed by atoms with Crippen molar-refractivity contribution < 1.29 is 4.79 Å². The van der Waals surface area contributed by atoms with E-state index in [2.05, 4.69) is 20.7 Å². The number of amides is 1. The fraction of sp³-hybridized carbons (Fsp3) is 0.150. The molecule has 0 radical (unpaired) electrons. The number of hydrogen-bond acceptors (Lipinski definition) is 3. The van der Waals surface area contributed by atoms with E-state index in [0.29, 0.717) is 6.42 Å². The van der Waals surface area contributed by atoms with E-state index in [-0.39, 0.29) is 11.8 Å². The van der Waals surface area contributed by atoms with E-state index in [1.165, 1.54) is 0 Å². The van der Waals surface area contributed by atoms with Gasteiger partial charge in [0.25, 0.3) is 0 Å². The van der Waals surface area contributed by atoms with Gasteiger partial charge in [0.15, 0.2) is 0 Å². The van der Waals surface area contributed by atoms with Crippen LogP contribution < -0.4 is 5.43 Å². The summed E-state index contributed by atoms with van der Waals surface area (Å²) < 4.78 is 0. The Kier molecular flexibility index (Phi) is 5.36. The van der Waals surface area contributed by atoms with Crippen molar-refractivity contribution in [2.24, 2.45) is 11.0 Å². The van der Waals surface area contributed by atoms with Crippen LogP contribution in [0.15, 0.2) is 72.0 Å². The maximum absolute atomic E-state index is 12.2. The minimum absolute atomic E-state index is 0.107. The van der Waals surface area contributed by atoms with E-state index >= 15 is 0 Å². The molecule has 1 atom stereocenters. The number of aromatic nitrogens is 2. The third-order valence-corrected chi connectivity index (χ3v) is 3.94. The molecule has 3 rings (SSSR count). The predicted octanol–water partition coefficient (Wildman–Crippen LogP) is 3.41. The van der Waals surface area contributed by atoms with Gasteiger partial charge in [-0.15, -0.1) is 0 Å². The highest BCUT2D eigenvalue weighted by Crippen LogP contribution is 2.18. The highest BCUT2D eigenvalue weighted by molar-refractivity contribution is 5.89. The van der Waals surface area contributed by atoms with Crippen LogP contribution in [0, 0.1) is 5.92 Å². The number of nitrogens with zero attached hydrogens (tertiary/aromatic N) is 2. The number of hydrazone groups is 1. The molecule has 25 heavy (non-hydrogen) atoms. The lowest BCUT2D eigenvalue weighted by Crippen LogP contribution is -2.26.